The molecule has 0 bridgehead atoms. The standard InChI is InChI=1S/C24H47N3/c1-23(2,3)19-11-15-26(16-12-19)22-13-17-27(18-14-22)21-9-7-20(8-10-21)25-24(4,5)6/h19-22,25H,7-18H2,1-6H3. The number of rotatable bonds is 3. The summed E-state index contributed by atoms with van der Waals surface area (Å²) in [4.78, 5) is 5.68. The van der Waals surface area contributed by atoms with Crippen molar-refractivity contribution in [2.75, 3.05) is 26.2 Å². The molecule has 0 unspecified atom stereocenters. The Morgan fingerprint density at radius 3 is 1.48 bits per heavy atom. The molecule has 0 radical (unpaired) electrons. The van der Waals surface area contributed by atoms with Crippen molar-refractivity contribution in [3.8, 4) is 0 Å². The minimum atomic E-state index is 0.260. The van der Waals surface area contributed by atoms with E-state index in [9.17, 15) is 0 Å². The lowest BCUT2D eigenvalue weighted by molar-refractivity contribution is 0.0344. The molecule has 27 heavy (non-hydrogen) atoms. The van der Waals surface area contributed by atoms with Crippen LogP contribution in [0.3, 0.4) is 0 Å². The summed E-state index contributed by atoms with van der Waals surface area (Å²) in [6.45, 7) is 19.5. The molecule has 3 heteroatoms. The van der Waals surface area contributed by atoms with Crippen LogP contribution in [0.2, 0.25) is 0 Å². The van der Waals surface area contributed by atoms with Gasteiger partial charge in [-0.15, -0.1) is 0 Å². The Balaban J connectivity index is 1.38. The van der Waals surface area contributed by atoms with Crippen LogP contribution in [-0.2, 0) is 0 Å². The Morgan fingerprint density at radius 1 is 0.593 bits per heavy atom. The maximum Gasteiger partial charge on any atom is 0.0120 e. The van der Waals surface area contributed by atoms with Crippen molar-refractivity contribution >= 4 is 0 Å². The van der Waals surface area contributed by atoms with E-state index in [1.165, 1.54) is 77.5 Å². The molecule has 3 fully saturated rings. The average Bonchev–Trinajstić information content (AvgIpc) is 2.61. The van der Waals surface area contributed by atoms with Crippen molar-refractivity contribution in [2.45, 2.75) is 117 Å². The van der Waals surface area contributed by atoms with Gasteiger partial charge >= 0.3 is 0 Å². The number of hydrogen-bond acceptors (Lipinski definition) is 3. The van der Waals surface area contributed by atoms with E-state index in [0.717, 1.165) is 24.0 Å². The van der Waals surface area contributed by atoms with Crippen LogP contribution < -0.4 is 5.32 Å². The smallest absolute Gasteiger partial charge is 0.0120 e. The number of nitrogens with one attached hydrogen (secondary N) is 1. The molecule has 0 aromatic rings. The molecule has 1 N–H and O–H groups in total. The van der Waals surface area contributed by atoms with E-state index in [-0.39, 0.29) is 5.54 Å². The minimum absolute atomic E-state index is 0.260. The Hall–Kier alpha value is -0.120. The Morgan fingerprint density at radius 2 is 1.04 bits per heavy atom. The van der Waals surface area contributed by atoms with Crippen molar-refractivity contribution < 1.29 is 0 Å². The van der Waals surface area contributed by atoms with E-state index in [0.29, 0.717) is 5.41 Å². The highest BCUT2D eigenvalue weighted by Gasteiger charge is 2.34. The van der Waals surface area contributed by atoms with E-state index in [4.69, 9.17) is 0 Å². The fourth-order valence-electron chi connectivity index (χ4n) is 5.94. The molecular weight excluding hydrogens is 330 g/mol. The first-order valence-corrected chi connectivity index (χ1v) is 11.9. The van der Waals surface area contributed by atoms with Gasteiger partial charge in [-0.3, -0.25) is 0 Å². The monoisotopic (exact) mass is 377 g/mol. The topological polar surface area (TPSA) is 18.5 Å². The predicted molar refractivity (Wildman–Crippen MR) is 117 cm³/mol. The van der Waals surface area contributed by atoms with Crippen molar-refractivity contribution in [3.63, 3.8) is 0 Å². The number of nitrogens with zero attached hydrogens (tertiary/aromatic N) is 2. The van der Waals surface area contributed by atoms with Gasteiger partial charge in [-0.2, -0.15) is 0 Å². The van der Waals surface area contributed by atoms with Crippen LogP contribution in [-0.4, -0.2) is 59.6 Å². The lowest BCUT2D eigenvalue weighted by Crippen LogP contribution is -2.52. The van der Waals surface area contributed by atoms with Gasteiger partial charge in [-0.1, -0.05) is 20.8 Å². The molecular formula is C24H47N3. The molecule has 0 aromatic heterocycles. The van der Waals surface area contributed by atoms with Gasteiger partial charge in [0.05, 0.1) is 0 Å². The molecule has 0 amide bonds. The van der Waals surface area contributed by atoms with Gasteiger partial charge in [0.1, 0.15) is 0 Å². The van der Waals surface area contributed by atoms with Crippen LogP contribution in [0, 0.1) is 11.3 Å². The summed E-state index contributed by atoms with van der Waals surface area (Å²) in [6.07, 6.45) is 11.2. The molecule has 1 aliphatic carbocycles. The summed E-state index contributed by atoms with van der Waals surface area (Å²) in [5, 5.41) is 3.82. The van der Waals surface area contributed by atoms with Crippen LogP contribution in [0.5, 0.6) is 0 Å². The van der Waals surface area contributed by atoms with Gasteiger partial charge in [-0.25, -0.2) is 0 Å². The molecule has 0 atom stereocenters. The summed E-state index contributed by atoms with van der Waals surface area (Å²) in [6, 6.07) is 2.46. The molecule has 2 aliphatic heterocycles. The van der Waals surface area contributed by atoms with Crippen LogP contribution in [0.1, 0.15) is 92.9 Å². The van der Waals surface area contributed by atoms with E-state index < -0.39 is 0 Å². The summed E-state index contributed by atoms with van der Waals surface area (Å²) in [7, 11) is 0. The third-order valence-corrected chi connectivity index (χ3v) is 7.62. The Labute approximate surface area is 169 Å². The first kappa shape index (κ1) is 21.6. The molecule has 3 rings (SSSR count). The van der Waals surface area contributed by atoms with E-state index in [1.54, 1.807) is 0 Å². The molecule has 2 saturated heterocycles. The first-order valence-electron chi connectivity index (χ1n) is 11.9. The average molecular weight is 378 g/mol. The summed E-state index contributed by atoms with van der Waals surface area (Å²) in [5.74, 6) is 0.922. The van der Waals surface area contributed by atoms with Crippen molar-refractivity contribution in [1.82, 2.24) is 15.1 Å². The van der Waals surface area contributed by atoms with Gasteiger partial charge in [-0.05, 0) is 110 Å². The molecule has 1 saturated carbocycles. The molecule has 158 valence electrons. The summed E-state index contributed by atoms with van der Waals surface area (Å²) in [5.41, 5.74) is 0.756. The molecule has 3 nitrogen and oxygen atoms in total. The molecule has 2 heterocycles. The van der Waals surface area contributed by atoms with Gasteiger partial charge in [0.2, 0.25) is 0 Å². The molecule has 3 aliphatic rings. The van der Waals surface area contributed by atoms with Crippen molar-refractivity contribution in [3.05, 3.63) is 0 Å². The van der Waals surface area contributed by atoms with Gasteiger partial charge < -0.3 is 15.1 Å². The second kappa shape index (κ2) is 8.71. The normalized spacial score (nSPS) is 31.3. The zero-order chi connectivity index (χ0) is 19.7. The molecule has 0 aromatic carbocycles. The second-order valence-electron chi connectivity index (χ2n) is 11.8. The van der Waals surface area contributed by atoms with Crippen molar-refractivity contribution in [1.29, 1.82) is 0 Å². The largest absolute Gasteiger partial charge is 0.309 e. The maximum atomic E-state index is 3.82. The van der Waals surface area contributed by atoms with Crippen LogP contribution in [0.4, 0.5) is 0 Å². The highest BCUT2D eigenvalue weighted by atomic mass is 15.2. The van der Waals surface area contributed by atoms with E-state index in [1.807, 2.05) is 0 Å². The zero-order valence-electron chi connectivity index (χ0n) is 19.2. The van der Waals surface area contributed by atoms with Gasteiger partial charge in [0.25, 0.3) is 0 Å². The fourth-order valence-corrected chi connectivity index (χ4v) is 5.94. The number of piperidine rings is 2. The SMILES string of the molecule is CC(C)(C)NC1CCC(N2CCC(N3CCC(C(C)(C)C)CC3)CC2)CC1. The predicted octanol–water partition coefficient (Wildman–Crippen LogP) is 4.91. The van der Waals surface area contributed by atoms with Gasteiger partial charge in [0.15, 0.2) is 0 Å². The lowest BCUT2D eigenvalue weighted by Gasteiger charge is -2.46. The second-order valence-corrected chi connectivity index (χ2v) is 11.8. The first-order chi connectivity index (χ1) is 12.6. The highest BCUT2D eigenvalue weighted by molar-refractivity contribution is 4.90. The maximum absolute atomic E-state index is 3.82. The Bertz CT molecular complexity index is 437. The minimum Gasteiger partial charge on any atom is -0.309 e. The van der Waals surface area contributed by atoms with Crippen LogP contribution in [0.15, 0.2) is 0 Å². The quantitative estimate of drug-likeness (QED) is 0.754. The Kier molecular flexibility index (Phi) is 6.97. The fraction of sp³-hybridized carbons (Fsp3) is 1.00. The van der Waals surface area contributed by atoms with Crippen LogP contribution in [0.25, 0.3) is 0 Å². The number of hydrogen-bond donors (Lipinski definition) is 1. The third-order valence-electron chi connectivity index (χ3n) is 7.62. The number of likely N-dealkylation sites (tertiary alicyclic amines) is 2. The lowest BCUT2D eigenvalue weighted by atomic mass is 9.75. The highest BCUT2D eigenvalue weighted by Crippen LogP contribution is 2.36. The summed E-state index contributed by atoms with van der Waals surface area (Å²) >= 11 is 0. The van der Waals surface area contributed by atoms with E-state index >= 15 is 0 Å². The zero-order valence-corrected chi connectivity index (χ0v) is 19.2. The van der Waals surface area contributed by atoms with Crippen LogP contribution >= 0.6 is 0 Å². The summed E-state index contributed by atoms with van der Waals surface area (Å²) < 4.78 is 0. The van der Waals surface area contributed by atoms with Gasteiger partial charge in [0, 0.05) is 23.7 Å². The van der Waals surface area contributed by atoms with E-state index in [2.05, 4.69) is 56.7 Å². The van der Waals surface area contributed by atoms with Crippen molar-refractivity contribution in [2.24, 2.45) is 11.3 Å². The third kappa shape index (κ3) is 6.18. The molecule has 0 spiro atoms.